The summed E-state index contributed by atoms with van der Waals surface area (Å²) in [6.45, 7) is 3.31. The lowest BCUT2D eigenvalue weighted by Gasteiger charge is -2.17. The summed E-state index contributed by atoms with van der Waals surface area (Å²) in [4.78, 5) is 28.8. The van der Waals surface area contributed by atoms with Crippen molar-refractivity contribution in [2.45, 2.75) is 45.3 Å². The van der Waals surface area contributed by atoms with Gasteiger partial charge >= 0.3 is 6.18 Å². The van der Waals surface area contributed by atoms with E-state index in [0.717, 1.165) is 25.0 Å². The van der Waals surface area contributed by atoms with Gasteiger partial charge in [0.1, 0.15) is 5.82 Å². The molecule has 2 N–H and O–H groups in total. The summed E-state index contributed by atoms with van der Waals surface area (Å²) in [5, 5.41) is 5.40. The van der Waals surface area contributed by atoms with Gasteiger partial charge in [-0.2, -0.15) is 13.2 Å². The first kappa shape index (κ1) is 20.8. The van der Waals surface area contributed by atoms with Crippen molar-refractivity contribution >= 4 is 17.6 Å². The first-order valence-electron chi connectivity index (χ1n) is 9.38. The van der Waals surface area contributed by atoms with Crippen molar-refractivity contribution in [3.63, 3.8) is 0 Å². The smallest absolute Gasteiger partial charge is 0.346 e. The van der Waals surface area contributed by atoms with Gasteiger partial charge in [-0.25, -0.2) is 4.98 Å². The number of pyridine rings is 1. The number of anilines is 1. The SMILES string of the molecule is Cc1cc(C(=O)N[C@H](C)c2cccc(C(F)(F)F)c2)cc(NC(=O)CC2CC2)n1. The van der Waals surface area contributed by atoms with E-state index in [9.17, 15) is 22.8 Å². The van der Waals surface area contributed by atoms with Crippen LogP contribution in [0.15, 0.2) is 36.4 Å². The van der Waals surface area contributed by atoms with Gasteiger partial charge in [-0.15, -0.1) is 0 Å². The lowest BCUT2D eigenvalue weighted by Crippen LogP contribution is -2.27. The maximum atomic E-state index is 12.9. The number of benzene rings is 1. The first-order chi connectivity index (χ1) is 13.6. The highest BCUT2D eigenvalue weighted by atomic mass is 19.4. The number of nitrogens with zero attached hydrogens (tertiary/aromatic N) is 1. The Labute approximate surface area is 166 Å². The summed E-state index contributed by atoms with van der Waals surface area (Å²) >= 11 is 0. The minimum Gasteiger partial charge on any atom is -0.346 e. The zero-order valence-electron chi connectivity index (χ0n) is 16.1. The molecule has 0 radical (unpaired) electrons. The van der Waals surface area contributed by atoms with E-state index < -0.39 is 23.7 Å². The third-order valence-corrected chi connectivity index (χ3v) is 4.72. The Hall–Kier alpha value is -2.90. The molecule has 0 saturated heterocycles. The fourth-order valence-electron chi connectivity index (χ4n) is 2.99. The number of nitrogens with one attached hydrogen (secondary N) is 2. The van der Waals surface area contributed by atoms with Crippen LogP contribution < -0.4 is 10.6 Å². The van der Waals surface area contributed by atoms with Crippen LogP contribution in [0.25, 0.3) is 0 Å². The van der Waals surface area contributed by atoms with Crippen LogP contribution in [0, 0.1) is 12.8 Å². The largest absolute Gasteiger partial charge is 0.416 e. The van der Waals surface area contributed by atoms with Crippen LogP contribution in [-0.2, 0) is 11.0 Å². The van der Waals surface area contributed by atoms with E-state index in [1.165, 1.54) is 18.2 Å². The van der Waals surface area contributed by atoms with Crippen LogP contribution >= 0.6 is 0 Å². The molecular weight excluding hydrogens is 383 g/mol. The zero-order chi connectivity index (χ0) is 21.2. The second-order valence-corrected chi connectivity index (χ2v) is 7.40. The Kier molecular flexibility index (Phi) is 5.91. The molecule has 1 aliphatic rings. The van der Waals surface area contributed by atoms with E-state index in [-0.39, 0.29) is 17.3 Å². The van der Waals surface area contributed by atoms with Gasteiger partial charge in [0.2, 0.25) is 5.91 Å². The number of hydrogen-bond donors (Lipinski definition) is 2. The summed E-state index contributed by atoms with van der Waals surface area (Å²) in [7, 11) is 0. The van der Waals surface area contributed by atoms with E-state index >= 15 is 0 Å². The molecule has 0 bridgehead atoms. The maximum absolute atomic E-state index is 12.9. The number of carbonyl (C=O) groups excluding carboxylic acids is 2. The predicted molar refractivity (Wildman–Crippen MR) is 102 cm³/mol. The number of aryl methyl sites for hydroxylation is 1. The van der Waals surface area contributed by atoms with Crippen molar-refractivity contribution in [1.82, 2.24) is 10.3 Å². The quantitative estimate of drug-likeness (QED) is 0.736. The number of rotatable bonds is 6. The van der Waals surface area contributed by atoms with Crippen molar-refractivity contribution in [3.8, 4) is 0 Å². The molecule has 0 unspecified atom stereocenters. The highest BCUT2D eigenvalue weighted by Crippen LogP contribution is 2.32. The Bertz CT molecular complexity index is 924. The summed E-state index contributed by atoms with van der Waals surface area (Å²) < 4.78 is 38.7. The maximum Gasteiger partial charge on any atom is 0.416 e. The van der Waals surface area contributed by atoms with Crippen LogP contribution in [0.4, 0.5) is 19.0 Å². The summed E-state index contributed by atoms with van der Waals surface area (Å²) in [5.74, 6) is 0.107. The third-order valence-electron chi connectivity index (χ3n) is 4.72. The molecule has 0 aliphatic heterocycles. The molecule has 29 heavy (non-hydrogen) atoms. The molecule has 1 heterocycles. The molecule has 2 aromatic rings. The van der Waals surface area contributed by atoms with Crippen molar-refractivity contribution in [2.24, 2.45) is 5.92 Å². The third kappa shape index (κ3) is 5.79. The topological polar surface area (TPSA) is 71.1 Å². The predicted octanol–water partition coefficient (Wildman–Crippen LogP) is 4.64. The molecule has 1 aromatic carbocycles. The Morgan fingerprint density at radius 3 is 2.59 bits per heavy atom. The van der Waals surface area contributed by atoms with E-state index in [4.69, 9.17) is 0 Å². The standard InChI is InChI=1S/C21H22F3N3O2/c1-12-8-16(11-18(25-12)27-19(28)9-14-6-7-14)20(29)26-13(2)15-4-3-5-17(10-15)21(22,23)24/h3-5,8,10-11,13-14H,6-7,9H2,1-2H3,(H,26,29)(H,25,27,28)/t13-/m1/s1. The summed E-state index contributed by atoms with van der Waals surface area (Å²) in [5.41, 5.74) is 0.401. The lowest BCUT2D eigenvalue weighted by atomic mass is 10.0. The molecule has 1 aliphatic carbocycles. The Morgan fingerprint density at radius 1 is 1.21 bits per heavy atom. The van der Waals surface area contributed by atoms with Crippen molar-refractivity contribution in [3.05, 3.63) is 58.8 Å². The molecule has 3 rings (SSSR count). The fourth-order valence-corrected chi connectivity index (χ4v) is 2.99. The Balaban J connectivity index is 1.70. The highest BCUT2D eigenvalue weighted by Gasteiger charge is 2.31. The van der Waals surface area contributed by atoms with Crippen LogP contribution in [0.2, 0.25) is 0 Å². The van der Waals surface area contributed by atoms with Crippen LogP contribution in [0.3, 0.4) is 0 Å². The molecule has 0 spiro atoms. The molecular formula is C21H22F3N3O2. The van der Waals surface area contributed by atoms with E-state index in [2.05, 4.69) is 15.6 Å². The minimum absolute atomic E-state index is 0.144. The monoisotopic (exact) mass is 405 g/mol. The minimum atomic E-state index is -4.45. The molecule has 2 amide bonds. The average Bonchev–Trinajstić information content (AvgIpc) is 3.44. The van der Waals surface area contributed by atoms with Gasteiger partial charge in [0.15, 0.2) is 0 Å². The van der Waals surface area contributed by atoms with Gasteiger partial charge in [0.25, 0.3) is 5.91 Å². The molecule has 154 valence electrons. The number of carbonyl (C=O) groups is 2. The second-order valence-electron chi connectivity index (χ2n) is 7.40. The van der Waals surface area contributed by atoms with E-state index in [1.807, 2.05) is 0 Å². The normalized spacial score (nSPS) is 14.9. The van der Waals surface area contributed by atoms with Crippen LogP contribution in [0.5, 0.6) is 0 Å². The molecule has 1 atom stereocenters. The number of halogens is 3. The summed E-state index contributed by atoms with van der Waals surface area (Å²) in [6, 6.07) is 7.24. The Morgan fingerprint density at radius 2 is 1.93 bits per heavy atom. The van der Waals surface area contributed by atoms with Crippen LogP contribution in [0.1, 0.15) is 59.4 Å². The number of alkyl halides is 3. The van der Waals surface area contributed by atoms with Crippen molar-refractivity contribution < 1.29 is 22.8 Å². The van der Waals surface area contributed by atoms with Gasteiger partial charge in [-0.1, -0.05) is 12.1 Å². The zero-order valence-corrected chi connectivity index (χ0v) is 16.1. The average molecular weight is 405 g/mol. The second kappa shape index (κ2) is 8.23. The molecule has 1 saturated carbocycles. The van der Waals surface area contributed by atoms with E-state index in [0.29, 0.717) is 23.6 Å². The van der Waals surface area contributed by atoms with E-state index in [1.54, 1.807) is 19.9 Å². The number of hydrogen-bond acceptors (Lipinski definition) is 3. The van der Waals surface area contributed by atoms with Gasteiger partial charge < -0.3 is 10.6 Å². The highest BCUT2D eigenvalue weighted by molar-refractivity contribution is 5.97. The molecule has 1 fully saturated rings. The number of amides is 2. The number of aromatic nitrogens is 1. The van der Waals surface area contributed by atoms with Gasteiger partial charge in [0, 0.05) is 17.7 Å². The molecule has 1 aromatic heterocycles. The van der Waals surface area contributed by atoms with Gasteiger partial charge in [-0.05, 0) is 62.4 Å². The fraction of sp³-hybridized carbons (Fsp3) is 0.381. The first-order valence-corrected chi connectivity index (χ1v) is 9.38. The van der Waals surface area contributed by atoms with Crippen LogP contribution in [-0.4, -0.2) is 16.8 Å². The summed E-state index contributed by atoms with van der Waals surface area (Å²) in [6.07, 6.45) is -1.91. The van der Waals surface area contributed by atoms with Crippen molar-refractivity contribution in [2.75, 3.05) is 5.32 Å². The van der Waals surface area contributed by atoms with Gasteiger partial charge in [0.05, 0.1) is 11.6 Å². The molecule has 5 nitrogen and oxygen atoms in total. The lowest BCUT2D eigenvalue weighted by molar-refractivity contribution is -0.137. The van der Waals surface area contributed by atoms with Crippen molar-refractivity contribution in [1.29, 1.82) is 0 Å². The molecule has 8 heteroatoms. The van der Waals surface area contributed by atoms with Gasteiger partial charge in [-0.3, -0.25) is 9.59 Å².